The van der Waals surface area contributed by atoms with Gasteiger partial charge in [0.05, 0.1) is 27.1 Å². The number of aromatic nitrogens is 2. The van der Waals surface area contributed by atoms with Crippen molar-refractivity contribution in [2.45, 2.75) is 32.4 Å². The standard InChI is InChI=1S/C19H22N4O2S/c1-13-11-17(21-9-10-26(24,25)19(2,3)4)23-16-8-6-5-7-15(16)22-18(23)14(13)12-20/h5-8,11,21H,9-10H2,1-4H3. The van der Waals surface area contributed by atoms with E-state index in [-0.39, 0.29) is 12.3 Å². The molecule has 136 valence electrons. The molecule has 0 saturated carbocycles. The lowest BCUT2D eigenvalue weighted by Gasteiger charge is -2.20. The third-order valence-electron chi connectivity index (χ3n) is 4.49. The molecule has 0 bridgehead atoms. The molecule has 26 heavy (non-hydrogen) atoms. The van der Waals surface area contributed by atoms with E-state index in [0.717, 1.165) is 22.4 Å². The van der Waals surface area contributed by atoms with Gasteiger partial charge in [-0.05, 0) is 51.5 Å². The Morgan fingerprint density at radius 3 is 2.62 bits per heavy atom. The molecule has 0 saturated heterocycles. The third-order valence-corrected chi connectivity index (χ3v) is 7.10. The molecule has 3 aromatic rings. The van der Waals surface area contributed by atoms with Crippen molar-refractivity contribution >= 4 is 32.3 Å². The fourth-order valence-electron chi connectivity index (χ4n) is 2.84. The lowest BCUT2D eigenvalue weighted by atomic mass is 10.1. The molecule has 7 heteroatoms. The number of nitrogens with one attached hydrogen (secondary N) is 1. The molecule has 0 aliphatic carbocycles. The van der Waals surface area contributed by atoms with Crippen LogP contribution in [0.3, 0.4) is 0 Å². The van der Waals surface area contributed by atoms with Crippen LogP contribution in [0.2, 0.25) is 0 Å². The molecule has 6 nitrogen and oxygen atoms in total. The summed E-state index contributed by atoms with van der Waals surface area (Å²) in [5.74, 6) is 0.762. The maximum atomic E-state index is 12.3. The minimum Gasteiger partial charge on any atom is -0.370 e. The highest BCUT2D eigenvalue weighted by atomic mass is 32.2. The summed E-state index contributed by atoms with van der Waals surface area (Å²) in [7, 11) is -3.21. The summed E-state index contributed by atoms with van der Waals surface area (Å²) < 4.78 is 25.8. The largest absolute Gasteiger partial charge is 0.370 e. The molecule has 0 aliphatic rings. The number of benzene rings is 1. The van der Waals surface area contributed by atoms with Crippen LogP contribution in [0, 0.1) is 18.3 Å². The molecule has 0 atom stereocenters. The molecular weight excluding hydrogens is 348 g/mol. The van der Waals surface area contributed by atoms with Crippen molar-refractivity contribution in [3.05, 3.63) is 41.5 Å². The first-order valence-corrected chi connectivity index (χ1v) is 10.1. The van der Waals surface area contributed by atoms with Crippen LogP contribution < -0.4 is 5.32 Å². The molecule has 1 aromatic carbocycles. The van der Waals surface area contributed by atoms with Gasteiger partial charge < -0.3 is 5.32 Å². The lowest BCUT2D eigenvalue weighted by Crippen LogP contribution is -2.33. The van der Waals surface area contributed by atoms with E-state index in [4.69, 9.17) is 0 Å². The Kier molecular flexibility index (Phi) is 4.41. The molecule has 0 fully saturated rings. The highest BCUT2D eigenvalue weighted by Crippen LogP contribution is 2.26. The van der Waals surface area contributed by atoms with Crippen LogP contribution >= 0.6 is 0 Å². The van der Waals surface area contributed by atoms with E-state index in [0.29, 0.717) is 11.2 Å². The summed E-state index contributed by atoms with van der Waals surface area (Å²) in [4.78, 5) is 4.59. The van der Waals surface area contributed by atoms with Crippen LogP contribution in [0.4, 0.5) is 5.82 Å². The number of hydrogen-bond acceptors (Lipinski definition) is 5. The van der Waals surface area contributed by atoms with Crippen LogP contribution in [-0.4, -0.2) is 34.8 Å². The van der Waals surface area contributed by atoms with Gasteiger partial charge in [-0.2, -0.15) is 5.26 Å². The summed E-state index contributed by atoms with van der Waals surface area (Å²) in [5.41, 5.74) is 3.57. The SMILES string of the molecule is Cc1cc(NCCS(=O)(=O)C(C)(C)C)n2c(nc3ccccc32)c1C#N. The van der Waals surface area contributed by atoms with Gasteiger partial charge in [0.1, 0.15) is 11.9 Å². The molecule has 0 aliphatic heterocycles. The number of sulfone groups is 1. The first kappa shape index (κ1) is 18.2. The van der Waals surface area contributed by atoms with Gasteiger partial charge in [0.25, 0.3) is 0 Å². The molecule has 0 unspecified atom stereocenters. The van der Waals surface area contributed by atoms with Crippen molar-refractivity contribution in [1.29, 1.82) is 5.26 Å². The normalized spacial score (nSPS) is 12.4. The molecule has 0 radical (unpaired) electrons. The van der Waals surface area contributed by atoms with Crippen LogP contribution in [0.15, 0.2) is 30.3 Å². The van der Waals surface area contributed by atoms with Crippen molar-refractivity contribution in [3.8, 4) is 6.07 Å². The second-order valence-corrected chi connectivity index (χ2v) is 10.2. The van der Waals surface area contributed by atoms with Gasteiger partial charge in [-0.3, -0.25) is 4.40 Å². The van der Waals surface area contributed by atoms with Gasteiger partial charge in [-0.25, -0.2) is 13.4 Å². The zero-order valence-electron chi connectivity index (χ0n) is 15.4. The van der Waals surface area contributed by atoms with Crippen molar-refractivity contribution in [2.24, 2.45) is 0 Å². The second kappa shape index (κ2) is 6.29. The maximum absolute atomic E-state index is 12.3. The van der Waals surface area contributed by atoms with E-state index in [9.17, 15) is 13.7 Å². The quantitative estimate of drug-likeness (QED) is 0.761. The number of rotatable bonds is 4. The van der Waals surface area contributed by atoms with Crippen LogP contribution in [0.25, 0.3) is 16.7 Å². The second-order valence-electron chi connectivity index (χ2n) is 7.32. The van der Waals surface area contributed by atoms with E-state index in [1.165, 1.54) is 0 Å². The third kappa shape index (κ3) is 3.01. The highest BCUT2D eigenvalue weighted by molar-refractivity contribution is 7.92. The first-order chi connectivity index (χ1) is 12.2. The zero-order valence-corrected chi connectivity index (χ0v) is 16.2. The zero-order chi connectivity index (χ0) is 19.1. The van der Waals surface area contributed by atoms with Crippen molar-refractivity contribution in [2.75, 3.05) is 17.6 Å². The molecule has 3 rings (SSSR count). The molecule has 1 N–H and O–H groups in total. The Balaban J connectivity index is 2.05. The molecule has 0 amide bonds. The number of para-hydroxylation sites is 2. The van der Waals surface area contributed by atoms with Gasteiger partial charge >= 0.3 is 0 Å². The van der Waals surface area contributed by atoms with Crippen molar-refractivity contribution in [1.82, 2.24) is 9.38 Å². The van der Waals surface area contributed by atoms with Crippen LogP contribution in [0.5, 0.6) is 0 Å². The van der Waals surface area contributed by atoms with E-state index in [2.05, 4.69) is 16.4 Å². The smallest absolute Gasteiger partial charge is 0.157 e. The Morgan fingerprint density at radius 1 is 1.27 bits per heavy atom. The van der Waals surface area contributed by atoms with Gasteiger partial charge in [-0.15, -0.1) is 0 Å². The van der Waals surface area contributed by atoms with Gasteiger partial charge in [0, 0.05) is 6.54 Å². The molecule has 2 heterocycles. The molecular formula is C19H22N4O2S. The van der Waals surface area contributed by atoms with Gasteiger partial charge in [0.15, 0.2) is 15.5 Å². The number of aryl methyl sites for hydroxylation is 1. The summed E-state index contributed by atoms with van der Waals surface area (Å²) in [6.45, 7) is 7.25. The lowest BCUT2D eigenvalue weighted by molar-refractivity contribution is 0.560. The first-order valence-electron chi connectivity index (χ1n) is 8.43. The number of nitriles is 1. The highest BCUT2D eigenvalue weighted by Gasteiger charge is 2.28. The molecule has 0 spiro atoms. The average Bonchev–Trinajstić information content (AvgIpc) is 2.93. The summed E-state index contributed by atoms with van der Waals surface area (Å²) in [6.07, 6.45) is 0. The minimum atomic E-state index is -3.21. The van der Waals surface area contributed by atoms with E-state index in [1.807, 2.05) is 41.7 Å². The number of fused-ring (bicyclic) bond motifs is 3. The number of pyridine rings is 1. The van der Waals surface area contributed by atoms with Crippen molar-refractivity contribution in [3.63, 3.8) is 0 Å². The fraction of sp³-hybridized carbons (Fsp3) is 0.368. The number of anilines is 1. The Hall–Kier alpha value is -2.59. The number of imidazole rings is 1. The van der Waals surface area contributed by atoms with Gasteiger partial charge in [0.2, 0.25) is 0 Å². The molecule has 2 aromatic heterocycles. The monoisotopic (exact) mass is 370 g/mol. The predicted octanol–water partition coefficient (Wildman–Crippen LogP) is 3.29. The minimum absolute atomic E-state index is 0.0314. The van der Waals surface area contributed by atoms with E-state index < -0.39 is 14.6 Å². The number of hydrogen-bond donors (Lipinski definition) is 1. The summed E-state index contributed by atoms with van der Waals surface area (Å²) in [6, 6.07) is 11.7. The topological polar surface area (TPSA) is 87.3 Å². The summed E-state index contributed by atoms with van der Waals surface area (Å²) >= 11 is 0. The Morgan fingerprint density at radius 2 is 1.96 bits per heavy atom. The summed E-state index contributed by atoms with van der Waals surface area (Å²) in [5, 5.41) is 12.7. The maximum Gasteiger partial charge on any atom is 0.157 e. The predicted molar refractivity (Wildman–Crippen MR) is 104 cm³/mol. The van der Waals surface area contributed by atoms with E-state index in [1.54, 1.807) is 20.8 Å². The Bertz CT molecular complexity index is 1130. The van der Waals surface area contributed by atoms with Crippen LogP contribution in [0.1, 0.15) is 31.9 Å². The fourth-order valence-corrected chi connectivity index (χ4v) is 3.83. The number of nitrogens with zero attached hydrogens (tertiary/aromatic N) is 3. The van der Waals surface area contributed by atoms with Crippen molar-refractivity contribution < 1.29 is 8.42 Å². The van der Waals surface area contributed by atoms with Gasteiger partial charge in [-0.1, -0.05) is 12.1 Å². The van der Waals surface area contributed by atoms with E-state index >= 15 is 0 Å². The average molecular weight is 370 g/mol. The van der Waals surface area contributed by atoms with Crippen LogP contribution in [-0.2, 0) is 9.84 Å². The Labute approximate surface area is 153 Å².